The van der Waals surface area contributed by atoms with Crippen molar-refractivity contribution < 1.29 is 14.7 Å². The molecule has 1 aromatic rings. The van der Waals surface area contributed by atoms with Crippen molar-refractivity contribution >= 4 is 23.5 Å². The molecule has 0 heterocycles. The number of nitrogens with one attached hydrogen (secondary N) is 1. The summed E-state index contributed by atoms with van der Waals surface area (Å²) in [6.07, 6.45) is 5.15. The molecule has 5 heteroatoms. The van der Waals surface area contributed by atoms with Crippen LogP contribution in [0, 0.1) is 5.92 Å². The zero-order chi connectivity index (χ0) is 15.2. The minimum absolute atomic E-state index is 0.0492. The number of hydrogen-bond donors (Lipinski definition) is 2. The van der Waals surface area contributed by atoms with Crippen LogP contribution in [0.2, 0.25) is 5.02 Å². The highest BCUT2D eigenvalue weighted by atomic mass is 35.5. The van der Waals surface area contributed by atoms with Gasteiger partial charge in [-0.25, -0.2) is 4.79 Å². The van der Waals surface area contributed by atoms with E-state index in [9.17, 15) is 14.7 Å². The van der Waals surface area contributed by atoms with Crippen LogP contribution in [0.3, 0.4) is 0 Å². The molecule has 1 saturated carbocycles. The third-order valence-electron chi connectivity index (χ3n) is 3.97. The summed E-state index contributed by atoms with van der Waals surface area (Å²) in [5.74, 6) is -1.22. The normalized spacial score (nSPS) is 17.2. The van der Waals surface area contributed by atoms with E-state index in [2.05, 4.69) is 5.32 Å². The predicted molar refractivity (Wildman–Crippen MR) is 81.3 cm³/mol. The molecule has 1 fully saturated rings. The molecule has 0 aliphatic heterocycles. The molecule has 1 aliphatic rings. The Labute approximate surface area is 129 Å². The molecule has 1 aromatic carbocycles. The Morgan fingerprint density at radius 3 is 2.52 bits per heavy atom. The number of carbonyl (C=O) groups is 2. The first-order chi connectivity index (χ1) is 10.1. The highest BCUT2D eigenvalue weighted by molar-refractivity contribution is 6.31. The van der Waals surface area contributed by atoms with Crippen LogP contribution in [-0.2, 0) is 16.0 Å². The Morgan fingerprint density at radius 1 is 1.24 bits per heavy atom. The smallest absolute Gasteiger partial charge is 0.326 e. The van der Waals surface area contributed by atoms with Gasteiger partial charge in [0, 0.05) is 17.4 Å². The second kappa shape index (κ2) is 7.46. The average molecular weight is 310 g/mol. The Bertz CT molecular complexity index is 512. The first kappa shape index (κ1) is 15.8. The summed E-state index contributed by atoms with van der Waals surface area (Å²) in [6.45, 7) is 0. The second-order valence-electron chi connectivity index (χ2n) is 5.53. The molecule has 4 nitrogen and oxygen atoms in total. The summed E-state index contributed by atoms with van der Waals surface area (Å²) < 4.78 is 0. The lowest BCUT2D eigenvalue weighted by atomic mass is 9.88. The summed E-state index contributed by atoms with van der Waals surface area (Å²) in [7, 11) is 0. The zero-order valence-electron chi connectivity index (χ0n) is 11.8. The van der Waals surface area contributed by atoms with Gasteiger partial charge in [0.25, 0.3) is 0 Å². The SMILES string of the molecule is O=C(N[C@H](Cc1ccccc1Cl)C(=O)O)C1CCCCC1. The number of hydrogen-bond acceptors (Lipinski definition) is 2. The van der Waals surface area contributed by atoms with Crippen molar-refractivity contribution in [2.24, 2.45) is 5.92 Å². The molecule has 1 aliphatic carbocycles. The van der Waals surface area contributed by atoms with Gasteiger partial charge in [-0.15, -0.1) is 0 Å². The number of halogens is 1. The van der Waals surface area contributed by atoms with Crippen LogP contribution in [0.25, 0.3) is 0 Å². The zero-order valence-corrected chi connectivity index (χ0v) is 12.6. The molecule has 0 bridgehead atoms. The molecule has 114 valence electrons. The molecule has 1 amide bonds. The number of carboxylic acids is 1. The summed E-state index contributed by atoms with van der Waals surface area (Å²) in [4.78, 5) is 23.6. The van der Waals surface area contributed by atoms with Gasteiger partial charge in [-0.1, -0.05) is 49.1 Å². The van der Waals surface area contributed by atoms with E-state index in [4.69, 9.17) is 11.6 Å². The Balaban J connectivity index is 2.00. The van der Waals surface area contributed by atoms with Gasteiger partial charge in [0.1, 0.15) is 6.04 Å². The molecule has 0 radical (unpaired) electrons. The fraction of sp³-hybridized carbons (Fsp3) is 0.500. The van der Waals surface area contributed by atoms with Crippen molar-refractivity contribution in [3.8, 4) is 0 Å². The van der Waals surface area contributed by atoms with Crippen LogP contribution in [0.5, 0.6) is 0 Å². The average Bonchev–Trinajstić information content (AvgIpc) is 2.49. The minimum Gasteiger partial charge on any atom is -0.480 e. The molecular formula is C16H20ClNO3. The van der Waals surface area contributed by atoms with Crippen LogP contribution in [0.4, 0.5) is 0 Å². The molecule has 0 saturated heterocycles. The number of carbonyl (C=O) groups excluding carboxylic acids is 1. The maximum atomic E-state index is 12.2. The monoisotopic (exact) mass is 309 g/mol. The first-order valence-corrected chi connectivity index (χ1v) is 7.72. The van der Waals surface area contributed by atoms with E-state index in [0.717, 1.165) is 37.7 Å². The van der Waals surface area contributed by atoms with Crippen LogP contribution >= 0.6 is 11.6 Å². The van der Waals surface area contributed by atoms with Crippen LogP contribution in [-0.4, -0.2) is 23.0 Å². The summed E-state index contributed by atoms with van der Waals surface area (Å²) in [5.41, 5.74) is 0.732. The van der Waals surface area contributed by atoms with Gasteiger partial charge in [-0.2, -0.15) is 0 Å². The lowest BCUT2D eigenvalue weighted by Crippen LogP contribution is -2.45. The van der Waals surface area contributed by atoms with E-state index in [0.29, 0.717) is 5.02 Å². The Kier molecular flexibility index (Phi) is 5.62. The van der Waals surface area contributed by atoms with Gasteiger partial charge < -0.3 is 10.4 Å². The predicted octanol–water partition coefficient (Wildman–Crippen LogP) is 3.03. The van der Waals surface area contributed by atoms with E-state index in [1.54, 1.807) is 18.2 Å². The number of aliphatic carboxylic acids is 1. The number of amides is 1. The quantitative estimate of drug-likeness (QED) is 0.878. The summed E-state index contributed by atoms with van der Waals surface area (Å²) in [6, 6.07) is 6.18. The fourth-order valence-electron chi connectivity index (χ4n) is 2.74. The van der Waals surface area contributed by atoms with Gasteiger partial charge in [0.2, 0.25) is 5.91 Å². The van der Waals surface area contributed by atoms with Gasteiger partial charge in [0.15, 0.2) is 0 Å². The molecule has 0 spiro atoms. The Morgan fingerprint density at radius 2 is 1.90 bits per heavy atom. The van der Waals surface area contributed by atoms with E-state index >= 15 is 0 Å². The topological polar surface area (TPSA) is 66.4 Å². The highest BCUT2D eigenvalue weighted by Gasteiger charge is 2.26. The number of carboxylic acid groups (broad SMARTS) is 1. The van der Waals surface area contributed by atoms with Crippen molar-refractivity contribution in [2.45, 2.75) is 44.6 Å². The largest absolute Gasteiger partial charge is 0.480 e. The van der Waals surface area contributed by atoms with Gasteiger partial charge in [0.05, 0.1) is 0 Å². The molecule has 0 aromatic heterocycles. The molecule has 21 heavy (non-hydrogen) atoms. The molecule has 2 rings (SSSR count). The van der Waals surface area contributed by atoms with Gasteiger partial charge >= 0.3 is 5.97 Å². The standard InChI is InChI=1S/C16H20ClNO3/c17-13-9-5-4-8-12(13)10-14(16(20)21)18-15(19)11-6-2-1-3-7-11/h4-5,8-9,11,14H,1-3,6-7,10H2,(H,18,19)(H,20,21)/t14-/m1/s1. The second-order valence-corrected chi connectivity index (χ2v) is 5.94. The number of rotatable bonds is 5. The van der Waals surface area contributed by atoms with Crippen LogP contribution < -0.4 is 5.32 Å². The first-order valence-electron chi connectivity index (χ1n) is 7.34. The van der Waals surface area contributed by atoms with Gasteiger partial charge in [-0.05, 0) is 24.5 Å². The summed E-state index contributed by atoms with van der Waals surface area (Å²) >= 11 is 6.05. The van der Waals surface area contributed by atoms with E-state index in [1.807, 2.05) is 6.07 Å². The molecular weight excluding hydrogens is 290 g/mol. The lowest BCUT2D eigenvalue weighted by Gasteiger charge is -2.23. The highest BCUT2D eigenvalue weighted by Crippen LogP contribution is 2.24. The third-order valence-corrected chi connectivity index (χ3v) is 4.34. The van der Waals surface area contributed by atoms with E-state index in [-0.39, 0.29) is 18.2 Å². The summed E-state index contributed by atoms with van der Waals surface area (Å²) in [5, 5.41) is 12.5. The molecule has 0 unspecified atom stereocenters. The maximum Gasteiger partial charge on any atom is 0.326 e. The van der Waals surface area contributed by atoms with Gasteiger partial charge in [-0.3, -0.25) is 4.79 Å². The van der Waals surface area contributed by atoms with Crippen molar-refractivity contribution in [2.75, 3.05) is 0 Å². The van der Waals surface area contributed by atoms with E-state index < -0.39 is 12.0 Å². The van der Waals surface area contributed by atoms with Crippen molar-refractivity contribution in [3.63, 3.8) is 0 Å². The van der Waals surface area contributed by atoms with Crippen molar-refractivity contribution in [3.05, 3.63) is 34.9 Å². The lowest BCUT2D eigenvalue weighted by molar-refractivity contribution is -0.142. The van der Waals surface area contributed by atoms with E-state index in [1.165, 1.54) is 0 Å². The van der Waals surface area contributed by atoms with Crippen LogP contribution in [0.1, 0.15) is 37.7 Å². The number of benzene rings is 1. The third kappa shape index (κ3) is 4.46. The Hall–Kier alpha value is -1.55. The van der Waals surface area contributed by atoms with Crippen molar-refractivity contribution in [1.29, 1.82) is 0 Å². The van der Waals surface area contributed by atoms with Crippen molar-refractivity contribution in [1.82, 2.24) is 5.32 Å². The molecule has 2 N–H and O–H groups in total. The maximum absolute atomic E-state index is 12.2. The van der Waals surface area contributed by atoms with Crippen LogP contribution in [0.15, 0.2) is 24.3 Å². The fourth-order valence-corrected chi connectivity index (χ4v) is 2.95. The minimum atomic E-state index is -1.03. The molecule has 1 atom stereocenters.